The molecule has 164 valence electrons. The van der Waals surface area contributed by atoms with Gasteiger partial charge in [-0.1, -0.05) is 0 Å². The van der Waals surface area contributed by atoms with Crippen LogP contribution in [0.4, 0.5) is 0 Å². The third-order valence-corrected chi connectivity index (χ3v) is 5.77. The predicted molar refractivity (Wildman–Crippen MR) is 105 cm³/mol. The number of β-lactam (4-membered cyclic amide) rings is 1. The number of aliphatic hydroxyl groups excluding tert-OH is 1. The highest BCUT2D eigenvalue weighted by Crippen LogP contribution is 2.39. The van der Waals surface area contributed by atoms with Crippen LogP contribution < -0.4 is 5.32 Å². The number of likely N-dealkylation sites (tertiary alicyclic amines) is 2. The Labute approximate surface area is 178 Å². The van der Waals surface area contributed by atoms with Crippen molar-refractivity contribution in [3.05, 3.63) is 36.4 Å². The Morgan fingerprint density at radius 1 is 1.29 bits per heavy atom. The molecular weight excluding hydrogens is 404 g/mol. The van der Waals surface area contributed by atoms with E-state index in [-0.39, 0.29) is 36.6 Å². The van der Waals surface area contributed by atoms with Gasteiger partial charge in [0.05, 0.1) is 19.2 Å². The van der Waals surface area contributed by atoms with Crippen molar-refractivity contribution < 1.29 is 19.5 Å². The van der Waals surface area contributed by atoms with Gasteiger partial charge in [-0.05, 0) is 25.8 Å². The molecule has 3 amide bonds. The summed E-state index contributed by atoms with van der Waals surface area (Å²) in [6, 6.07) is 0.845. The number of hydrogen-bond donors (Lipinski definition) is 2. The fraction of sp³-hybridized carbons (Fsp3) is 0.526. The average Bonchev–Trinajstić information content (AvgIpc) is 3.39. The van der Waals surface area contributed by atoms with Crippen LogP contribution in [-0.2, 0) is 16.6 Å². The van der Waals surface area contributed by atoms with Gasteiger partial charge < -0.3 is 20.2 Å². The second-order valence-electron chi connectivity index (χ2n) is 7.85. The molecule has 12 nitrogen and oxygen atoms in total. The van der Waals surface area contributed by atoms with E-state index in [1.807, 2.05) is 0 Å². The van der Waals surface area contributed by atoms with Crippen molar-refractivity contribution in [1.29, 1.82) is 0 Å². The Kier molecular flexibility index (Phi) is 5.39. The first-order valence-electron chi connectivity index (χ1n) is 10.0. The minimum atomic E-state index is -0.935. The Bertz CT molecular complexity index is 994. The summed E-state index contributed by atoms with van der Waals surface area (Å²) in [6.07, 6.45) is 4.67. The fourth-order valence-electron chi connectivity index (χ4n) is 4.22. The topological polar surface area (TPSA) is 146 Å². The van der Waals surface area contributed by atoms with E-state index in [0.717, 1.165) is 0 Å². The maximum absolute atomic E-state index is 13.0. The van der Waals surface area contributed by atoms with Crippen molar-refractivity contribution in [3.8, 4) is 0 Å². The minimum Gasteiger partial charge on any atom is -0.391 e. The van der Waals surface area contributed by atoms with Gasteiger partial charge in [-0.25, -0.2) is 19.6 Å². The van der Waals surface area contributed by atoms with Gasteiger partial charge in [-0.15, -0.1) is 0 Å². The van der Waals surface area contributed by atoms with Crippen LogP contribution in [0.15, 0.2) is 24.8 Å². The molecule has 2 aliphatic rings. The molecule has 0 saturated carbocycles. The SMILES string of the molecule is CC(O)C(NC(=O)CN1CC2(CCCN2C(=O)c2ncnn2C)C1=O)c1ncccn1. The molecule has 4 rings (SSSR count). The number of carbonyl (C=O) groups is 3. The summed E-state index contributed by atoms with van der Waals surface area (Å²) in [5.41, 5.74) is -0.935. The smallest absolute Gasteiger partial charge is 0.292 e. The fourth-order valence-corrected chi connectivity index (χ4v) is 4.22. The monoisotopic (exact) mass is 428 g/mol. The van der Waals surface area contributed by atoms with E-state index < -0.39 is 23.6 Å². The molecule has 12 heteroatoms. The molecule has 0 aromatic carbocycles. The number of hydrogen-bond acceptors (Lipinski definition) is 8. The lowest BCUT2D eigenvalue weighted by Gasteiger charge is -2.50. The van der Waals surface area contributed by atoms with E-state index in [1.165, 1.54) is 35.2 Å². The van der Waals surface area contributed by atoms with Crippen molar-refractivity contribution in [2.24, 2.45) is 7.05 Å². The molecule has 2 aromatic heterocycles. The molecule has 0 aliphatic carbocycles. The van der Waals surface area contributed by atoms with Gasteiger partial charge in [-0.2, -0.15) is 5.10 Å². The summed E-state index contributed by atoms with van der Waals surface area (Å²) in [6.45, 7) is 2.07. The number of nitrogens with zero attached hydrogens (tertiary/aromatic N) is 7. The average molecular weight is 428 g/mol. The molecule has 2 fully saturated rings. The van der Waals surface area contributed by atoms with Crippen LogP contribution in [0.2, 0.25) is 0 Å². The van der Waals surface area contributed by atoms with Crippen LogP contribution in [0.25, 0.3) is 0 Å². The first-order chi connectivity index (χ1) is 14.8. The summed E-state index contributed by atoms with van der Waals surface area (Å²) in [4.78, 5) is 53.6. The van der Waals surface area contributed by atoms with E-state index in [0.29, 0.717) is 19.4 Å². The molecule has 3 atom stereocenters. The summed E-state index contributed by atoms with van der Waals surface area (Å²) in [7, 11) is 1.62. The Morgan fingerprint density at radius 3 is 2.65 bits per heavy atom. The highest BCUT2D eigenvalue weighted by atomic mass is 16.3. The molecule has 4 heterocycles. The first-order valence-corrected chi connectivity index (χ1v) is 10.0. The zero-order valence-corrected chi connectivity index (χ0v) is 17.3. The number of aliphatic hydroxyl groups is 1. The van der Waals surface area contributed by atoms with Gasteiger partial charge in [0.1, 0.15) is 17.9 Å². The molecule has 3 unspecified atom stereocenters. The van der Waals surface area contributed by atoms with Gasteiger partial charge in [0.15, 0.2) is 5.82 Å². The number of aromatic nitrogens is 5. The standard InChI is InChI=1S/C19H24N8O4/c1-12(28)14(15-20-6-4-7-21-15)24-13(29)9-26-10-19(18(26)31)5-3-8-27(19)17(30)16-22-11-23-25(16)2/h4,6-7,11-12,14,28H,3,5,8-10H2,1-2H3,(H,24,29). The van der Waals surface area contributed by atoms with Crippen LogP contribution in [0, 0.1) is 0 Å². The molecule has 1 spiro atoms. The molecule has 2 saturated heterocycles. The summed E-state index contributed by atoms with van der Waals surface area (Å²) in [5.74, 6) is -0.585. The quantitative estimate of drug-likeness (QED) is 0.538. The van der Waals surface area contributed by atoms with Gasteiger partial charge in [0, 0.05) is 26.0 Å². The van der Waals surface area contributed by atoms with Crippen LogP contribution in [-0.4, -0.2) is 88.6 Å². The molecule has 2 aromatic rings. The normalized spacial score (nSPS) is 22.4. The lowest BCUT2D eigenvalue weighted by molar-refractivity contribution is -0.161. The molecule has 2 aliphatic heterocycles. The predicted octanol–water partition coefficient (Wildman–Crippen LogP) is -1.34. The zero-order chi connectivity index (χ0) is 22.2. The van der Waals surface area contributed by atoms with E-state index >= 15 is 0 Å². The van der Waals surface area contributed by atoms with Crippen LogP contribution in [0.1, 0.15) is 42.3 Å². The van der Waals surface area contributed by atoms with E-state index in [9.17, 15) is 19.5 Å². The Balaban J connectivity index is 1.41. The highest BCUT2D eigenvalue weighted by Gasteiger charge is 2.60. The number of carbonyl (C=O) groups excluding carboxylic acids is 3. The van der Waals surface area contributed by atoms with E-state index in [1.54, 1.807) is 18.0 Å². The minimum absolute atomic E-state index is 0.174. The van der Waals surface area contributed by atoms with E-state index in [2.05, 4.69) is 25.4 Å². The molecule has 31 heavy (non-hydrogen) atoms. The second kappa shape index (κ2) is 8.02. The van der Waals surface area contributed by atoms with Crippen molar-refractivity contribution in [2.45, 2.75) is 37.5 Å². The van der Waals surface area contributed by atoms with Crippen molar-refractivity contribution in [3.63, 3.8) is 0 Å². The van der Waals surface area contributed by atoms with Crippen molar-refractivity contribution >= 4 is 17.7 Å². The highest BCUT2D eigenvalue weighted by molar-refractivity contribution is 6.02. The van der Waals surface area contributed by atoms with Crippen molar-refractivity contribution in [1.82, 2.24) is 39.8 Å². The maximum atomic E-state index is 13.0. The lowest BCUT2D eigenvalue weighted by atomic mass is 9.85. The Hall–Kier alpha value is -3.41. The number of aryl methyl sites for hydroxylation is 1. The zero-order valence-electron chi connectivity index (χ0n) is 17.3. The molecule has 0 bridgehead atoms. The number of amides is 3. The van der Waals surface area contributed by atoms with Crippen LogP contribution in [0.3, 0.4) is 0 Å². The molecular formula is C19H24N8O4. The maximum Gasteiger partial charge on any atom is 0.292 e. The third kappa shape index (κ3) is 3.63. The van der Waals surface area contributed by atoms with Gasteiger partial charge in [0.2, 0.25) is 11.7 Å². The summed E-state index contributed by atoms with van der Waals surface area (Å²) < 4.78 is 1.38. The van der Waals surface area contributed by atoms with Crippen LogP contribution in [0.5, 0.6) is 0 Å². The number of rotatable bonds is 6. The second-order valence-corrected chi connectivity index (χ2v) is 7.85. The van der Waals surface area contributed by atoms with Gasteiger partial charge in [-0.3, -0.25) is 14.4 Å². The number of nitrogens with one attached hydrogen (secondary N) is 1. The largest absolute Gasteiger partial charge is 0.391 e. The van der Waals surface area contributed by atoms with E-state index in [4.69, 9.17) is 0 Å². The third-order valence-electron chi connectivity index (χ3n) is 5.77. The first kappa shape index (κ1) is 20.8. The Morgan fingerprint density at radius 2 is 2.03 bits per heavy atom. The van der Waals surface area contributed by atoms with Crippen molar-refractivity contribution in [2.75, 3.05) is 19.6 Å². The molecule has 2 N–H and O–H groups in total. The summed E-state index contributed by atoms with van der Waals surface area (Å²) in [5, 5.41) is 16.6. The van der Waals surface area contributed by atoms with Crippen LogP contribution >= 0.6 is 0 Å². The summed E-state index contributed by atoms with van der Waals surface area (Å²) >= 11 is 0. The van der Waals surface area contributed by atoms with Gasteiger partial charge >= 0.3 is 0 Å². The van der Waals surface area contributed by atoms with Gasteiger partial charge in [0.25, 0.3) is 11.8 Å². The lowest BCUT2D eigenvalue weighted by Crippen LogP contribution is -2.73. The molecule has 0 radical (unpaired) electrons.